The number of rotatable bonds is 7. The Kier molecular flexibility index (Phi) is 6.12. The summed E-state index contributed by atoms with van der Waals surface area (Å²) in [6.07, 6.45) is 4.92. The van der Waals surface area contributed by atoms with E-state index in [4.69, 9.17) is 9.47 Å². The molecule has 1 aromatic carbocycles. The van der Waals surface area contributed by atoms with Gasteiger partial charge in [0, 0.05) is 31.2 Å². The first kappa shape index (κ1) is 22.6. The minimum absolute atomic E-state index is 0.0255. The number of carbonyl (C=O) groups excluding carboxylic acids is 1. The molecule has 31 heavy (non-hydrogen) atoms. The summed E-state index contributed by atoms with van der Waals surface area (Å²) in [4.78, 5) is 14.9. The number of ether oxygens (including phenoxy) is 2. The molecule has 0 unspecified atom stereocenters. The van der Waals surface area contributed by atoms with Crippen molar-refractivity contribution in [2.45, 2.75) is 71.6 Å². The summed E-state index contributed by atoms with van der Waals surface area (Å²) < 4.78 is 12.3. The van der Waals surface area contributed by atoms with Crippen LogP contribution in [0.3, 0.4) is 0 Å². The molecule has 5 atom stereocenters. The maximum atomic E-state index is 12.7. The van der Waals surface area contributed by atoms with Gasteiger partial charge in [0.05, 0.1) is 13.2 Å². The largest absolute Gasteiger partial charge is 0.496 e. The lowest BCUT2D eigenvalue weighted by Gasteiger charge is -2.53. The van der Waals surface area contributed by atoms with E-state index in [-0.39, 0.29) is 28.9 Å². The van der Waals surface area contributed by atoms with E-state index in [0.717, 1.165) is 31.7 Å². The average molecular weight is 429 g/mol. The molecular formula is C26H40N2O3. The molecule has 5 nitrogen and oxygen atoms in total. The number of carbonyl (C=O) groups is 1. The lowest BCUT2D eigenvalue weighted by Crippen LogP contribution is -2.58. The van der Waals surface area contributed by atoms with Gasteiger partial charge in [-0.05, 0) is 80.1 Å². The van der Waals surface area contributed by atoms with Crippen molar-refractivity contribution in [3.05, 3.63) is 29.3 Å². The molecule has 4 rings (SSSR count). The first-order valence-corrected chi connectivity index (χ1v) is 12.0. The van der Waals surface area contributed by atoms with Gasteiger partial charge in [-0.2, -0.15) is 0 Å². The summed E-state index contributed by atoms with van der Waals surface area (Å²) in [5.74, 6) is 2.15. The molecule has 1 aliphatic heterocycles. The van der Waals surface area contributed by atoms with Crippen LogP contribution in [-0.4, -0.2) is 44.7 Å². The van der Waals surface area contributed by atoms with E-state index >= 15 is 0 Å². The Balaban J connectivity index is 1.69. The summed E-state index contributed by atoms with van der Waals surface area (Å²) in [6, 6.07) is 6.74. The Bertz CT molecular complexity index is 821. The van der Waals surface area contributed by atoms with Crippen molar-refractivity contribution < 1.29 is 14.3 Å². The normalized spacial score (nSPS) is 33.4. The maximum Gasteiger partial charge on any atom is 0.220 e. The predicted molar refractivity (Wildman–Crippen MR) is 123 cm³/mol. The summed E-state index contributed by atoms with van der Waals surface area (Å²) in [5.41, 5.74) is 2.69. The van der Waals surface area contributed by atoms with Crippen LogP contribution in [0.5, 0.6) is 5.75 Å². The molecule has 1 saturated heterocycles. The van der Waals surface area contributed by atoms with Crippen molar-refractivity contribution in [3.63, 3.8) is 0 Å². The smallest absolute Gasteiger partial charge is 0.220 e. The molecule has 1 heterocycles. The number of nitrogens with zero attached hydrogens (tertiary/aromatic N) is 1. The highest BCUT2D eigenvalue weighted by Crippen LogP contribution is 2.70. The zero-order valence-electron chi connectivity index (χ0n) is 20.2. The molecular weight excluding hydrogens is 388 g/mol. The number of fused-ring (bicyclic) bond motifs is 1. The van der Waals surface area contributed by atoms with Crippen LogP contribution >= 0.6 is 0 Å². The Morgan fingerprint density at radius 1 is 1.32 bits per heavy atom. The summed E-state index contributed by atoms with van der Waals surface area (Å²) in [5, 5.41) is 3.50. The fraction of sp³-hybridized carbons (Fsp3) is 0.731. The molecule has 3 aliphatic rings. The molecule has 3 fully saturated rings. The lowest BCUT2D eigenvalue weighted by atomic mass is 9.58. The second kappa shape index (κ2) is 8.40. The number of hydrogen-bond acceptors (Lipinski definition) is 4. The second-order valence-corrected chi connectivity index (χ2v) is 10.9. The van der Waals surface area contributed by atoms with E-state index < -0.39 is 0 Å². The van der Waals surface area contributed by atoms with Gasteiger partial charge in [-0.25, -0.2) is 0 Å². The number of nitrogens with one attached hydrogen (secondary N) is 1. The Morgan fingerprint density at radius 2 is 2.10 bits per heavy atom. The van der Waals surface area contributed by atoms with Crippen LogP contribution in [0.2, 0.25) is 0 Å². The first-order chi connectivity index (χ1) is 14.7. The van der Waals surface area contributed by atoms with Crippen molar-refractivity contribution in [1.29, 1.82) is 0 Å². The molecule has 2 bridgehead atoms. The minimum Gasteiger partial charge on any atom is -0.496 e. The third kappa shape index (κ3) is 3.78. The number of methoxy groups -OCH3 is 1. The highest BCUT2D eigenvalue weighted by atomic mass is 16.5. The highest BCUT2D eigenvalue weighted by molar-refractivity contribution is 5.76. The standard InChI is InChI=1S/C26H40N2O3/c1-7-8-22(29)27-24-25(2,3)18-14-20-23(31-12-11-26(20,24)15-18)19-13-17(16-28(4)5)9-10-21(19)30-6/h9-10,13,18,20,23-24H,7-8,11-12,14-16H2,1-6H3,(H,27,29)/t18-,20-,23-,24+,26-/m1/s1. The Morgan fingerprint density at radius 3 is 2.77 bits per heavy atom. The third-order valence-electron chi connectivity index (χ3n) is 8.39. The van der Waals surface area contributed by atoms with E-state index in [1.54, 1.807) is 7.11 Å². The quantitative estimate of drug-likeness (QED) is 0.692. The van der Waals surface area contributed by atoms with E-state index in [9.17, 15) is 4.79 Å². The monoisotopic (exact) mass is 428 g/mol. The molecule has 2 aliphatic carbocycles. The zero-order chi connectivity index (χ0) is 22.4. The van der Waals surface area contributed by atoms with Gasteiger partial charge >= 0.3 is 0 Å². The van der Waals surface area contributed by atoms with E-state index in [2.05, 4.69) is 63.3 Å². The van der Waals surface area contributed by atoms with Crippen molar-refractivity contribution in [2.75, 3.05) is 27.8 Å². The lowest BCUT2D eigenvalue weighted by molar-refractivity contribution is -0.137. The van der Waals surface area contributed by atoms with E-state index in [0.29, 0.717) is 18.3 Å². The summed E-state index contributed by atoms with van der Waals surface area (Å²) in [7, 11) is 5.94. The van der Waals surface area contributed by atoms with Gasteiger partial charge < -0.3 is 19.7 Å². The van der Waals surface area contributed by atoms with Crippen LogP contribution in [0, 0.1) is 22.7 Å². The molecule has 1 N–H and O–H groups in total. The van der Waals surface area contributed by atoms with Crippen molar-refractivity contribution in [3.8, 4) is 5.75 Å². The maximum absolute atomic E-state index is 12.7. The van der Waals surface area contributed by atoms with Crippen LogP contribution < -0.4 is 10.1 Å². The predicted octanol–water partition coefficient (Wildman–Crippen LogP) is 4.56. The molecule has 2 saturated carbocycles. The Hall–Kier alpha value is -1.59. The van der Waals surface area contributed by atoms with E-state index in [1.165, 1.54) is 24.0 Å². The molecule has 5 heteroatoms. The molecule has 0 radical (unpaired) electrons. The summed E-state index contributed by atoms with van der Waals surface area (Å²) >= 11 is 0. The van der Waals surface area contributed by atoms with E-state index in [1.807, 2.05) is 0 Å². The molecule has 0 aromatic heterocycles. The van der Waals surface area contributed by atoms with Gasteiger partial charge in [0.25, 0.3) is 0 Å². The molecule has 172 valence electrons. The minimum atomic E-state index is 0.0255. The molecule has 1 aromatic rings. The van der Waals surface area contributed by atoms with Crippen molar-refractivity contribution in [1.82, 2.24) is 10.2 Å². The SMILES string of the molecule is CCCC(=O)N[C@H]1C(C)(C)[C@@H]2C[C@@H]3[C@@H](c4cc(CN(C)C)ccc4OC)OCC[C@@]31C2. The molecule has 1 spiro atoms. The van der Waals surface area contributed by atoms with Gasteiger partial charge in [-0.3, -0.25) is 4.79 Å². The average Bonchev–Trinajstić information content (AvgIpc) is 3.20. The zero-order valence-corrected chi connectivity index (χ0v) is 20.2. The third-order valence-corrected chi connectivity index (χ3v) is 8.39. The van der Waals surface area contributed by atoms with Crippen LogP contribution in [0.15, 0.2) is 18.2 Å². The Labute approximate surface area is 187 Å². The second-order valence-electron chi connectivity index (χ2n) is 10.9. The summed E-state index contributed by atoms with van der Waals surface area (Å²) in [6.45, 7) is 8.44. The number of hydrogen-bond donors (Lipinski definition) is 1. The first-order valence-electron chi connectivity index (χ1n) is 12.0. The van der Waals surface area contributed by atoms with Crippen LogP contribution in [-0.2, 0) is 16.1 Å². The van der Waals surface area contributed by atoms with Crippen LogP contribution in [0.4, 0.5) is 0 Å². The van der Waals surface area contributed by atoms with Crippen molar-refractivity contribution in [2.24, 2.45) is 22.7 Å². The fourth-order valence-electron chi connectivity index (χ4n) is 7.03. The number of benzene rings is 1. The van der Waals surface area contributed by atoms with Crippen LogP contribution in [0.1, 0.15) is 70.1 Å². The topological polar surface area (TPSA) is 50.8 Å². The fourth-order valence-corrected chi connectivity index (χ4v) is 7.03. The van der Waals surface area contributed by atoms with Gasteiger partial charge in [-0.1, -0.05) is 26.8 Å². The van der Waals surface area contributed by atoms with Gasteiger partial charge in [-0.15, -0.1) is 0 Å². The van der Waals surface area contributed by atoms with Crippen molar-refractivity contribution >= 4 is 5.91 Å². The van der Waals surface area contributed by atoms with Gasteiger partial charge in [0.15, 0.2) is 0 Å². The molecule has 1 amide bonds. The van der Waals surface area contributed by atoms with Gasteiger partial charge in [0.2, 0.25) is 5.91 Å². The van der Waals surface area contributed by atoms with Gasteiger partial charge in [0.1, 0.15) is 5.75 Å². The number of amides is 1. The highest BCUT2D eigenvalue weighted by Gasteiger charge is 2.68. The van der Waals surface area contributed by atoms with Crippen LogP contribution in [0.25, 0.3) is 0 Å².